The van der Waals surface area contributed by atoms with Crippen LogP contribution in [0.15, 0.2) is 24.3 Å². The fraction of sp³-hybridized carbons (Fsp3) is 0.571. The highest BCUT2D eigenvalue weighted by Crippen LogP contribution is 2.52. The van der Waals surface area contributed by atoms with Crippen LogP contribution in [0.1, 0.15) is 32.3 Å². The highest BCUT2D eigenvalue weighted by atomic mass is 16.6. The largest absolute Gasteiger partial charge is 0.314 e. The number of benzene rings is 1. The van der Waals surface area contributed by atoms with E-state index in [4.69, 9.17) is 0 Å². The van der Waals surface area contributed by atoms with E-state index in [1.807, 2.05) is 12.1 Å². The van der Waals surface area contributed by atoms with Crippen molar-refractivity contribution in [2.24, 2.45) is 5.41 Å². The second-order valence-corrected chi connectivity index (χ2v) is 5.20. The lowest BCUT2D eigenvalue weighted by molar-refractivity contribution is -0.385. The van der Waals surface area contributed by atoms with Gasteiger partial charge in [0.05, 0.1) is 4.92 Å². The Balaban J connectivity index is 2.17. The SMILES string of the molecule is CCNC(C)C1(Cc2ccccc2[N+](=O)[O-])CC1. The molecule has 1 aromatic carbocycles. The van der Waals surface area contributed by atoms with Crippen LogP contribution >= 0.6 is 0 Å². The van der Waals surface area contributed by atoms with Crippen LogP contribution in [0.3, 0.4) is 0 Å². The molecule has 1 aliphatic rings. The highest BCUT2D eigenvalue weighted by Gasteiger charge is 2.47. The highest BCUT2D eigenvalue weighted by molar-refractivity contribution is 5.41. The van der Waals surface area contributed by atoms with Crippen LogP contribution in [0, 0.1) is 15.5 Å². The van der Waals surface area contributed by atoms with Crippen LogP contribution in [0.4, 0.5) is 5.69 Å². The smallest absolute Gasteiger partial charge is 0.272 e. The molecule has 1 atom stereocenters. The minimum absolute atomic E-state index is 0.224. The Hall–Kier alpha value is -1.42. The molecular formula is C14H20N2O2. The second-order valence-electron chi connectivity index (χ2n) is 5.20. The monoisotopic (exact) mass is 248 g/mol. The molecular weight excluding hydrogens is 228 g/mol. The van der Waals surface area contributed by atoms with Crippen molar-refractivity contribution in [1.82, 2.24) is 5.32 Å². The maximum absolute atomic E-state index is 11.0. The summed E-state index contributed by atoms with van der Waals surface area (Å²) in [5.41, 5.74) is 1.35. The summed E-state index contributed by atoms with van der Waals surface area (Å²) >= 11 is 0. The number of hydrogen-bond donors (Lipinski definition) is 1. The summed E-state index contributed by atoms with van der Waals surface area (Å²) in [7, 11) is 0. The molecule has 0 aliphatic heterocycles. The molecule has 1 unspecified atom stereocenters. The molecule has 0 aromatic heterocycles. The van der Waals surface area contributed by atoms with Gasteiger partial charge in [0.25, 0.3) is 5.69 Å². The third-order valence-corrected chi connectivity index (χ3v) is 4.05. The average Bonchev–Trinajstić information content (AvgIpc) is 3.11. The van der Waals surface area contributed by atoms with Crippen molar-refractivity contribution >= 4 is 5.69 Å². The molecule has 1 aromatic rings. The molecule has 0 bridgehead atoms. The second kappa shape index (κ2) is 5.06. The number of nitro benzene ring substituents is 1. The maximum atomic E-state index is 11.0. The third-order valence-electron chi connectivity index (χ3n) is 4.05. The Bertz CT molecular complexity index is 441. The molecule has 98 valence electrons. The van der Waals surface area contributed by atoms with E-state index in [1.165, 1.54) is 0 Å². The van der Waals surface area contributed by atoms with Crippen molar-refractivity contribution in [3.05, 3.63) is 39.9 Å². The van der Waals surface area contributed by atoms with Gasteiger partial charge < -0.3 is 5.32 Å². The number of nitrogens with one attached hydrogen (secondary N) is 1. The third kappa shape index (κ3) is 2.53. The molecule has 4 nitrogen and oxygen atoms in total. The van der Waals surface area contributed by atoms with Gasteiger partial charge in [0, 0.05) is 17.7 Å². The van der Waals surface area contributed by atoms with E-state index in [0.717, 1.165) is 31.4 Å². The lowest BCUT2D eigenvalue weighted by Crippen LogP contribution is -2.36. The van der Waals surface area contributed by atoms with Crippen LogP contribution in [0.25, 0.3) is 0 Å². The van der Waals surface area contributed by atoms with Crippen molar-refractivity contribution in [3.8, 4) is 0 Å². The Morgan fingerprint density at radius 2 is 2.11 bits per heavy atom. The van der Waals surface area contributed by atoms with Crippen LogP contribution in [-0.2, 0) is 6.42 Å². The molecule has 2 rings (SSSR count). The zero-order valence-corrected chi connectivity index (χ0v) is 11.0. The van der Waals surface area contributed by atoms with Gasteiger partial charge in [-0.2, -0.15) is 0 Å². The predicted octanol–water partition coefficient (Wildman–Crippen LogP) is 2.92. The first-order chi connectivity index (χ1) is 8.59. The zero-order chi connectivity index (χ0) is 13.2. The molecule has 18 heavy (non-hydrogen) atoms. The van der Waals surface area contributed by atoms with E-state index < -0.39 is 0 Å². The number of para-hydroxylation sites is 1. The van der Waals surface area contributed by atoms with Crippen LogP contribution in [0.5, 0.6) is 0 Å². The fourth-order valence-electron chi connectivity index (χ4n) is 2.66. The summed E-state index contributed by atoms with van der Waals surface area (Å²) in [6.45, 7) is 5.22. The van der Waals surface area contributed by atoms with Gasteiger partial charge in [-0.05, 0) is 38.1 Å². The van der Waals surface area contributed by atoms with E-state index in [1.54, 1.807) is 12.1 Å². The normalized spacial score (nSPS) is 18.3. The Kier molecular flexibility index (Phi) is 3.66. The van der Waals surface area contributed by atoms with Crippen molar-refractivity contribution in [2.45, 2.75) is 39.2 Å². The van der Waals surface area contributed by atoms with Crippen molar-refractivity contribution in [2.75, 3.05) is 6.54 Å². The van der Waals surface area contributed by atoms with Gasteiger partial charge in [-0.1, -0.05) is 25.1 Å². The number of nitro groups is 1. The van der Waals surface area contributed by atoms with Gasteiger partial charge in [-0.3, -0.25) is 10.1 Å². The number of hydrogen-bond acceptors (Lipinski definition) is 3. The molecule has 0 heterocycles. The fourth-order valence-corrected chi connectivity index (χ4v) is 2.66. The summed E-state index contributed by atoms with van der Waals surface area (Å²) in [6, 6.07) is 7.52. The maximum Gasteiger partial charge on any atom is 0.272 e. The minimum Gasteiger partial charge on any atom is -0.314 e. The average molecular weight is 248 g/mol. The molecule has 0 saturated heterocycles. The van der Waals surface area contributed by atoms with Crippen molar-refractivity contribution in [3.63, 3.8) is 0 Å². The lowest BCUT2D eigenvalue weighted by Gasteiger charge is -2.24. The Morgan fingerprint density at radius 3 is 2.67 bits per heavy atom. The zero-order valence-electron chi connectivity index (χ0n) is 11.0. The van der Waals surface area contributed by atoms with Gasteiger partial charge >= 0.3 is 0 Å². The van der Waals surface area contributed by atoms with Crippen molar-refractivity contribution in [1.29, 1.82) is 0 Å². The number of rotatable bonds is 6. The van der Waals surface area contributed by atoms with E-state index >= 15 is 0 Å². The van der Waals surface area contributed by atoms with E-state index in [9.17, 15) is 10.1 Å². The molecule has 1 N–H and O–H groups in total. The first-order valence-corrected chi connectivity index (χ1v) is 6.55. The van der Waals surface area contributed by atoms with Gasteiger partial charge in [0.1, 0.15) is 0 Å². The van der Waals surface area contributed by atoms with Crippen LogP contribution < -0.4 is 5.32 Å². The van der Waals surface area contributed by atoms with Crippen LogP contribution in [0.2, 0.25) is 0 Å². The minimum atomic E-state index is -0.274. The summed E-state index contributed by atoms with van der Waals surface area (Å²) in [5.74, 6) is 0. The quantitative estimate of drug-likeness (QED) is 0.622. The Morgan fingerprint density at radius 1 is 1.44 bits per heavy atom. The van der Waals surface area contributed by atoms with Gasteiger partial charge in [0.2, 0.25) is 0 Å². The van der Waals surface area contributed by atoms with Gasteiger partial charge in [-0.15, -0.1) is 0 Å². The topological polar surface area (TPSA) is 55.2 Å². The number of nitrogens with zero attached hydrogens (tertiary/aromatic N) is 1. The van der Waals surface area contributed by atoms with Gasteiger partial charge in [-0.25, -0.2) is 0 Å². The Labute approximate surface area is 108 Å². The molecule has 1 saturated carbocycles. The summed E-state index contributed by atoms with van der Waals surface area (Å²) in [6.07, 6.45) is 3.12. The standard InChI is InChI=1S/C14H20N2O2/c1-3-15-11(2)14(8-9-14)10-12-6-4-5-7-13(12)16(17)18/h4-7,11,15H,3,8-10H2,1-2H3. The molecule has 1 fully saturated rings. The first kappa shape index (κ1) is 13.0. The van der Waals surface area contributed by atoms with E-state index in [0.29, 0.717) is 6.04 Å². The van der Waals surface area contributed by atoms with Crippen molar-refractivity contribution < 1.29 is 4.92 Å². The summed E-state index contributed by atoms with van der Waals surface area (Å²) in [4.78, 5) is 10.7. The van der Waals surface area contributed by atoms with E-state index in [2.05, 4.69) is 19.2 Å². The first-order valence-electron chi connectivity index (χ1n) is 6.55. The molecule has 0 spiro atoms. The summed E-state index contributed by atoms with van der Waals surface area (Å²) in [5, 5.41) is 14.5. The van der Waals surface area contributed by atoms with Crippen LogP contribution in [-0.4, -0.2) is 17.5 Å². The molecule has 4 heteroatoms. The molecule has 0 amide bonds. The molecule has 1 aliphatic carbocycles. The predicted molar refractivity (Wildman–Crippen MR) is 71.6 cm³/mol. The van der Waals surface area contributed by atoms with E-state index in [-0.39, 0.29) is 16.0 Å². The summed E-state index contributed by atoms with van der Waals surface area (Å²) < 4.78 is 0. The van der Waals surface area contributed by atoms with Gasteiger partial charge in [0.15, 0.2) is 0 Å². The molecule has 0 radical (unpaired) electrons. The lowest BCUT2D eigenvalue weighted by atomic mass is 9.89.